The Balaban J connectivity index is -0.00000185. The molecule has 2 N–H and O–H groups in total. The van der Waals surface area contributed by atoms with Gasteiger partial charge in [-0.1, -0.05) is 34.1 Å². The highest BCUT2D eigenvalue weighted by Crippen LogP contribution is 2.05. The van der Waals surface area contributed by atoms with E-state index in [1.807, 2.05) is 27.7 Å². The molecule has 0 radical (unpaired) electrons. The maximum atomic E-state index is 11.5. The highest BCUT2D eigenvalue weighted by molar-refractivity contribution is 5.80. The second-order valence-corrected chi connectivity index (χ2v) is 5.78. The van der Waals surface area contributed by atoms with Crippen molar-refractivity contribution in [3.05, 3.63) is 0 Å². The summed E-state index contributed by atoms with van der Waals surface area (Å²) in [4.78, 5) is 22.9. The zero-order valence-electron chi connectivity index (χ0n) is 17.1. The standard InChI is InChI=1S/C17H33NO6.C2H6.H2/c1-15(2)16(20)6-4-3-5-7-18-17(21)14-24-13-12-23-11-10-22-9-8-19;1-2;/h15,19H,3-14H2,1-2H3,(H,18,21);1-2H3;1H. The summed E-state index contributed by atoms with van der Waals surface area (Å²) >= 11 is 0. The highest BCUT2D eigenvalue weighted by atomic mass is 16.5. The molecule has 0 aliphatic heterocycles. The smallest absolute Gasteiger partial charge is 0.245 e. The van der Waals surface area contributed by atoms with Crippen molar-refractivity contribution in [2.75, 3.05) is 52.8 Å². The van der Waals surface area contributed by atoms with E-state index in [0.29, 0.717) is 51.8 Å². The van der Waals surface area contributed by atoms with E-state index < -0.39 is 0 Å². The molecule has 26 heavy (non-hydrogen) atoms. The van der Waals surface area contributed by atoms with Crippen LogP contribution in [0.5, 0.6) is 0 Å². The van der Waals surface area contributed by atoms with E-state index >= 15 is 0 Å². The van der Waals surface area contributed by atoms with Gasteiger partial charge in [0.25, 0.3) is 0 Å². The molecule has 0 saturated heterocycles. The summed E-state index contributed by atoms with van der Waals surface area (Å²) in [6.45, 7) is 10.4. The van der Waals surface area contributed by atoms with Crippen LogP contribution < -0.4 is 5.32 Å². The minimum absolute atomic E-state index is 0. The van der Waals surface area contributed by atoms with Gasteiger partial charge in [0.05, 0.1) is 39.6 Å². The molecule has 1 amide bonds. The van der Waals surface area contributed by atoms with Crippen molar-refractivity contribution in [2.24, 2.45) is 5.92 Å². The van der Waals surface area contributed by atoms with Gasteiger partial charge in [-0.3, -0.25) is 9.59 Å². The average molecular weight is 380 g/mol. The van der Waals surface area contributed by atoms with E-state index in [1.165, 1.54) is 0 Å². The number of aliphatic hydroxyl groups excluding tert-OH is 1. The molecule has 158 valence electrons. The van der Waals surface area contributed by atoms with Crippen molar-refractivity contribution < 1.29 is 30.3 Å². The van der Waals surface area contributed by atoms with Crippen LogP contribution in [-0.2, 0) is 23.8 Å². The molecule has 0 bridgehead atoms. The Labute approximate surface area is 160 Å². The Hall–Kier alpha value is -1.02. The Morgan fingerprint density at radius 3 is 2.08 bits per heavy atom. The minimum atomic E-state index is -0.139. The fraction of sp³-hybridized carbons (Fsp3) is 0.895. The van der Waals surface area contributed by atoms with Gasteiger partial charge in [-0.2, -0.15) is 0 Å². The largest absolute Gasteiger partial charge is 0.394 e. The van der Waals surface area contributed by atoms with E-state index in [-0.39, 0.29) is 26.5 Å². The molecule has 0 aromatic heterocycles. The lowest BCUT2D eigenvalue weighted by Crippen LogP contribution is -2.29. The third kappa shape index (κ3) is 21.0. The number of unbranched alkanes of at least 4 members (excludes halogenated alkanes) is 2. The molecule has 0 unspecified atom stereocenters. The quantitative estimate of drug-likeness (QED) is 0.376. The molecule has 0 aromatic carbocycles. The fourth-order valence-electron chi connectivity index (χ4n) is 1.84. The lowest BCUT2D eigenvalue weighted by molar-refractivity contribution is -0.126. The lowest BCUT2D eigenvalue weighted by atomic mass is 10.0. The summed E-state index contributed by atoms with van der Waals surface area (Å²) in [5, 5.41) is 11.3. The first kappa shape index (κ1) is 27.2. The van der Waals surface area contributed by atoms with Crippen LogP contribution in [0.15, 0.2) is 0 Å². The highest BCUT2D eigenvalue weighted by Gasteiger charge is 2.06. The molecule has 0 heterocycles. The van der Waals surface area contributed by atoms with Crippen molar-refractivity contribution >= 4 is 11.7 Å². The van der Waals surface area contributed by atoms with E-state index in [9.17, 15) is 9.59 Å². The van der Waals surface area contributed by atoms with Crippen molar-refractivity contribution in [1.82, 2.24) is 5.32 Å². The first-order valence-corrected chi connectivity index (χ1v) is 9.71. The van der Waals surface area contributed by atoms with Crippen molar-refractivity contribution in [1.29, 1.82) is 0 Å². The van der Waals surface area contributed by atoms with Gasteiger partial charge < -0.3 is 24.6 Å². The lowest BCUT2D eigenvalue weighted by Gasteiger charge is -2.07. The summed E-state index contributed by atoms with van der Waals surface area (Å²) in [5.41, 5.74) is 0. The first-order chi connectivity index (χ1) is 12.6. The molecule has 0 spiro atoms. The fourth-order valence-corrected chi connectivity index (χ4v) is 1.84. The molecular formula is C19H41NO6. The summed E-state index contributed by atoms with van der Waals surface area (Å²) in [6.07, 6.45) is 3.31. The summed E-state index contributed by atoms with van der Waals surface area (Å²) in [5.74, 6) is 0.271. The van der Waals surface area contributed by atoms with Gasteiger partial charge in [0, 0.05) is 20.3 Å². The summed E-state index contributed by atoms with van der Waals surface area (Å²) < 4.78 is 15.5. The van der Waals surface area contributed by atoms with Crippen molar-refractivity contribution in [2.45, 2.75) is 53.4 Å². The number of hydrogen-bond acceptors (Lipinski definition) is 6. The van der Waals surface area contributed by atoms with Gasteiger partial charge in [0.2, 0.25) is 5.91 Å². The zero-order valence-corrected chi connectivity index (χ0v) is 17.1. The molecule has 0 aliphatic rings. The molecular weight excluding hydrogens is 338 g/mol. The molecule has 7 heteroatoms. The number of carbonyl (C=O) groups excluding carboxylic acids is 2. The van der Waals surface area contributed by atoms with Gasteiger partial charge in [-0.25, -0.2) is 0 Å². The summed E-state index contributed by atoms with van der Waals surface area (Å²) in [7, 11) is 0. The number of rotatable bonds is 17. The van der Waals surface area contributed by atoms with E-state index in [0.717, 1.165) is 19.3 Å². The Morgan fingerprint density at radius 2 is 1.50 bits per heavy atom. The molecule has 0 rings (SSSR count). The second-order valence-electron chi connectivity index (χ2n) is 5.78. The van der Waals surface area contributed by atoms with Crippen LogP contribution in [0.4, 0.5) is 0 Å². The van der Waals surface area contributed by atoms with E-state index in [4.69, 9.17) is 19.3 Å². The van der Waals surface area contributed by atoms with Crippen LogP contribution in [0.1, 0.15) is 54.8 Å². The van der Waals surface area contributed by atoms with Crippen LogP contribution >= 0.6 is 0 Å². The predicted molar refractivity (Wildman–Crippen MR) is 104 cm³/mol. The molecule has 0 atom stereocenters. The van der Waals surface area contributed by atoms with Crippen LogP contribution in [0.2, 0.25) is 0 Å². The SMILES string of the molecule is CC.CC(C)C(=O)CCCCCNC(=O)COCCOCCOCCO.[HH]. The number of nitrogens with one attached hydrogen (secondary N) is 1. The normalized spacial score (nSPS) is 10.4. The number of hydrogen-bond donors (Lipinski definition) is 2. The molecule has 7 nitrogen and oxygen atoms in total. The first-order valence-electron chi connectivity index (χ1n) is 9.71. The Morgan fingerprint density at radius 1 is 0.923 bits per heavy atom. The number of Topliss-reactive ketones (excluding diaryl/α,β-unsaturated/α-hetero) is 1. The molecule has 0 aromatic rings. The Kier molecular flexibility index (Phi) is 23.0. The minimum Gasteiger partial charge on any atom is -0.394 e. The number of aliphatic hydroxyl groups is 1. The number of ketones is 1. The number of ether oxygens (including phenoxy) is 3. The van der Waals surface area contributed by atoms with Crippen LogP contribution in [0.25, 0.3) is 0 Å². The average Bonchev–Trinajstić information content (AvgIpc) is 2.64. The van der Waals surface area contributed by atoms with Crippen LogP contribution in [0, 0.1) is 5.92 Å². The third-order valence-corrected chi connectivity index (χ3v) is 3.28. The monoisotopic (exact) mass is 379 g/mol. The van der Waals surface area contributed by atoms with Gasteiger partial charge in [-0.05, 0) is 12.8 Å². The van der Waals surface area contributed by atoms with Gasteiger partial charge in [-0.15, -0.1) is 0 Å². The number of carbonyl (C=O) groups is 2. The maximum absolute atomic E-state index is 11.5. The zero-order chi connectivity index (χ0) is 20.0. The van der Waals surface area contributed by atoms with Crippen molar-refractivity contribution in [3.8, 4) is 0 Å². The van der Waals surface area contributed by atoms with Gasteiger partial charge in [0.1, 0.15) is 12.4 Å². The van der Waals surface area contributed by atoms with Crippen LogP contribution in [0.3, 0.4) is 0 Å². The molecule has 0 aliphatic carbocycles. The number of amides is 1. The molecule has 0 saturated carbocycles. The van der Waals surface area contributed by atoms with Gasteiger partial charge >= 0.3 is 0 Å². The summed E-state index contributed by atoms with van der Waals surface area (Å²) in [6, 6.07) is 0. The second kappa shape index (κ2) is 22.0. The maximum Gasteiger partial charge on any atom is 0.245 e. The molecule has 0 fully saturated rings. The van der Waals surface area contributed by atoms with E-state index in [1.54, 1.807) is 0 Å². The third-order valence-electron chi connectivity index (χ3n) is 3.28. The van der Waals surface area contributed by atoms with Crippen LogP contribution in [-0.4, -0.2) is 69.6 Å². The van der Waals surface area contributed by atoms with E-state index in [2.05, 4.69) is 5.32 Å². The predicted octanol–water partition coefficient (Wildman–Crippen LogP) is 2.20. The van der Waals surface area contributed by atoms with Gasteiger partial charge in [0.15, 0.2) is 0 Å². The van der Waals surface area contributed by atoms with Crippen molar-refractivity contribution in [3.63, 3.8) is 0 Å². The Bertz CT molecular complexity index is 329. The topological polar surface area (TPSA) is 94.1 Å².